The van der Waals surface area contributed by atoms with E-state index in [-0.39, 0.29) is 16.8 Å². The van der Waals surface area contributed by atoms with E-state index < -0.39 is 10.9 Å². The zero-order valence-electron chi connectivity index (χ0n) is 9.71. The number of aromatic amines is 1. The molecule has 0 spiro atoms. The van der Waals surface area contributed by atoms with Gasteiger partial charge in [0.15, 0.2) is 4.73 Å². The van der Waals surface area contributed by atoms with Crippen LogP contribution in [0.15, 0.2) is 29.1 Å². The molecular weight excluding hydrogens is 318 g/mol. The van der Waals surface area contributed by atoms with Crippen LogP contribution in [0.3, 0.4) is 0 Å². The van der Waals surface area contributed by atoms with E-state index in [4.69, 9.17) is 0 Å². The number of esters is 1. The molecule has 8 heteroatoms. The molecule has 2 rings (SSSR count). The molecule has 0 atom stereocenters. The summed E-state index contributed by atoms with van der Waals surface area (Å²) in [5.41, 5.74) is 0.813. The van der Waals surface area contributed by atoms with Gasteiger partial charge in [-0.1, -0.05) is 0 Å². The third kappa shape index (κ3) is 2.63. The molecule has 0 unspecified atom stereocenters. The van der Waals surface area contributed by atoms with Crippen LogP contribution in [-0.4, -0.2) is 28.0 Å². The highest BCUT2D eigenvalue weighted by molar-refractivity contribution is 9.10. The molecule has 0 bridgehead atoms. The van der Waals surface area contributed by atoms with E-state index in [2.05, 4.69) is 30.6 Å². The Labute approximate surface area is 115 Å². The number of benzene rings is 1. The lowest BCUT2D eigenvalue weighted by atomic mass is 10.1. The van der Waals surface area contributed by atoms with Gasteiger partial charge in [-0.25, -0.2) is 9.78 Å². The summed E-state index contributed by atoms with van der Waals surface area (Å²) in [6.07, 6.45) is 1.44. The summed E-state index contributed by atoms with van der Waals surface area (Å²) in [6, 6.07) is 4.00. The van der Waals surface area contributed by atoms with Crippen molar-refractivity contribution in [2.24, 2.45) is 0 Å². The largest absolute Gasteiger partial charge is 0.465 e. The second kappa shape index (κ2) is 5.19. The summed E-state index contributed by atoms with van der Waals surface area (Å²) < 4.78 is 5.03. The van der Waals surface area contributed by atoms with Gasteiger partial charge in [0.25, 0.3) is 5.69 Å². The number of carbonyl (C=O) groups is 1. The van der Waals surface area contributed by atoms with Crippen molar-refractivity contribution in [2.75, 3.05) is 7.11 Å². The number of halogens is 1. The average Bonchev–Trinajstić information content (AvgIpc) is 2.83. The first-order valence-electron chi connectivity index (χ1n) is 5.10. The molecule has 0 radical (unpaired) electrons. The minimum atomic E-state index is -0.560. The number of methoxy groups -OCH3 is 1. The second-order valence-corrected chi connectivity index (χ2v) is 4.32. The monoisotopic (exact) mass is 325 g/mol. The van der Waals surface area contributed by atoms with E-state index in [1.54, 1.807) is 0 Å². The summed E-state index contributed by atoms with van der Waals surface area (Å²) in [7, 11) is 1.25. The molecule has 0 aliphatic rings. The SMILES string of the molecule is COC(=O)c1ccc([N+](=O)[O-])c(-c2cnc(Br)[nH]2)c1. The molecule has 7 nitrogen and oxygen atoms in total. The van der Waals surface area contributed by atoms with Crippen molar-refractivity contribution in [1.29, 1.82) is 0 Å². The first-order chi connectivity index (χ1) is 9.02. The third-order valence-corrected chi connectivity index (χ3v) is 2.85. The molecule has 2 aromatic rings. The molecule has 0 saturated carbocycles. The highest BCUT2D eigenvalue weighted by Gasteiger charge is 2.19. The molecule has 1 heterocycles. The van der Waals surface area contributed by atoms with Crippen LogP contribution in [0.5, 0.6) is 0 Å². The number of ether oxygens (including phenoxy) is 1. The molecule has 0 amide bonds. The molecule has 1 N–H and O–H groups in total. The lowest BCUT2D eigenvalue weighted by Gasteiger charge is -2.03. The molecule has 98 valence electrons. The summed E-state index contributed by atoms with van der Waals surface area (Å²) in [6.45, 7) is 0. The van der Waals surface area contributed by atoms with Crippen LogP contribution in [0, 0.1) is 10.1 Å². The van der Waals surface area contributed by atoms with Gasteiger partial charge in [-0.15, -0.1) is 0 Å². The number of hydrogen-bond acceptors (Lipinski definition) is 5. The molecular formula is C11H8BrN3O4. The van der Waals surface area contributed by atoms with Gasteiger partial charge in [-0.2, -0.15) is 0 Å². The van der Waals surface area contributed by atoms with E-state index in [0.29, 0.717) is 10.4 Å². The Morgan fingerprint density at radius 1 is 1.53 bits per heavy atom. The standard InChI is InChI=1S/C11H8BrN3O4/c1-19-10(16)6-2-3-9(15(17)18)7(4-6)8-5-13-11(12)14-8/h2-5H,1H3,(H,13,14). The minimum Gasteiger partial charge on any atom is -0.465 e. The van der Waals surface area contributed by atoms with Crippen LogP contribution in [0.1, 0.15) is 10.4 Å². The van der Waals surface area contributed by atoms with Crippen molar-refractivity contribution in [1.82, 2.24) is 9.97 Å². The molecule has 1 aromatic carbocycles. The zero-order valence-corrected chi connectivity index (χ0v) is 11.3. The number of hydrogen-bond donors (Lipinski definition) is 1. The normalized spacial score (nSPS) is 10.2. The van der Waals surface area contributed by atoms with E-state index >= 15 is 0 Å². The molecule has 0 fully saturated rings. The molecule has 0 aliphatic carbocycles. The number of H-pyrrole nitrogens is 1. The molecule has 0 saturated heterocycles. The van der Waals surface area contributed by atoms with Crippen LogP contribution >= 0.6 is 15.9 Å². The van der Waals surface area contributed by atoms with Crippen molar-refractivity contribution in [3.05, 3.63) is 44.8 Å². The quantitative estimate of drug-likeness (QED) is 0.531. The predicted octanol–water partition coefficient (Wildman–Crippen LogP) is 2.53. The van der Waals surface area contributed by atoms with Gasteiger partial charge in [-0.3, -0.25) is 10.1 Å². The third-order valence-electron chi connectivity index (χ3n) is 2.45. The summed E-state index contributed by atoms with van der Waals surface area (Å²) in [5, 5.41) is 11.0. The predicted molar refractivity (Wildman–Crippen MR) is 69.7 cm³/mol. The summed E-state index contributed by atoms with van der Waals surface area (Å²) in [4.78, 5) is 28.7. The molecule has 19 heavy (non-hydrogen) atoms. The number of rotatable bonds is 3. The van der Waals surface area contributed by atoms with Crippen molar-refractivity contribution in [3.8, 4) is 11.3 Å². The van der Waals surface area contributed by atoms with Crippen molar-refractivity contribution in [2.45, 2.75) is 0 Å². The van der Waals surface area contributed by atoms with Crippen molar-refractivity contribution in [3.63, 3.8) is 0 Å². The number of aromatic nitrogens is 2. The zero-order chi connectivity index (χ0) is 14.0. The van der Waals surface area contributed by atoms with E-state index in [9.17, 15) is 14.9 Å². The van der Waals surface area contributed by atoms with Crippen LogP contribution in [0.4, 0.5) is 5.69 Å². The van der Waals surface area contributed by atoms with Crippen LogP contribution in [0.2, 0.25) is 0 Å². The topological polar surface area (TPSA) is 98.1 Å². The Kier molecular flexibility index (Phi) is 3.61. The Morgan fingerprint density at radius 2 is 2.26 bits per heavy atom. The lowest BCUT2D eigenvalue weighted by molar-refractivity contribution is -0.384. The van der Waals surface area contributed by atoms with E-state index in [0.717, 1.165) is 0 Å². The second-order valence-electron chi connectivity index (χ2n) is 3.57. The number of nitro groups is 1. The Morgan fingerprint density at radius 3 is 2.79 bits per heavy atom. The number of nitrogens with zero attached hydrogens (tertiary/aromatic N) is 2. The maximum absolute atomic E-state index is 11.5. The minimum absolute atomic E-state index is 0.121. The maximum atomic E-state index is 11.5. The molecule has 1 aromatic heterocycles. The Balaban J connectivity index is 2.60. The van der Waals surface area contributed by atoms with Crippen LogP contribution < -0.4 is 0 Å². The Hall–Kier alpha value is -2.22. The van der Waals surface area contributed by atoms with Gasteiger partial charge in [0.1, 0.15) is 0 Å². The van der Waals surface area contributed by atoms with Gasteiger partial charge in [0.2, 0.25) is 0 Å². The maximum Gasteiger partial charge on any atom is 0.337 e. The van der Waals surface area contributed by atoms with Crippen molar-refractivity contribution >= 4 is 27.6 Å². The van der Waals surface area contributed by atoms with Crippen molar-refractivity contribution < 1.29 is 14.5 Å². The van der Waals surface area contributed by atoms with Crippen LogP contribution in [0.25, 0.3) is 11.3 Å². The van der Waals surface area contributed by atoms with Crippen LogP contribution in [-0.2, 0) is 4.74 Å². The van der Waals surface area contributed by atoms with E-state index in [1.165, 1.54) is 31.5 Å². The molecule has 0 aliphatic heterocycles. The summed E-state index contributed by atoms with van der Waals surface area (Å²) in [5.74, 6) is -0.560. The first kappa shape index (κ1) is 13.2. The van der Waals surface area contributed by atoms with Gasteiger partial charge >= 0.3 is 5.97 Å². The number of imidazole rings is 1. The first-order valence-corrected chi connectivity index (χ1v) is 5.90. The van der Waals surface area contributed by atoms with E-state index in [1.807, 2.05) is 0 Å². The summed E-state index contributed by atoms with van der Waals surface area (Å²) >= 11 is 3.12. The highest BCUT2D eigenvalue weighted by Crippen LogP contribution is 2.30. The Bertz CT molecular complexity index is 653. The van der Waals surface area contributed by atoms with Gasteiger partial charge < -0.3 is 9.72 Å². The number of nitrogens with one attached hydrogen (secondary N) is 1. The number of carbonyl (C=O) groups excluding carboxylic acids is 1. The number of nitro benzene ring substituents is 1. The fourth-order valence-corrected chi connectivity index (χ4v) is 1.91. The highest BCUT2D eigenvalue weighted by atomic mass is 79.9. The average molecular weight is 326 g/mol. The lowest BCUT2D eigenvalue weighted by Crippen LogP contribution is -2.02. The van der Waals surface area contributed by atoms with Gasteiger partial charge in [-0.05, 0) is 28.1 Å². The fourth-order valence-electron chi connectivity index (χ4n) is 1.59. The van der Waals surface area contributed by atoms with Gasteiger partial charge in [0.05, 0.1) is 35.1 Å². The van der Waals surface area contributed by atoms with Gasteiger partial charge in [0, 0.05) is 6.07 Å². The fraction of sp³-hybridized carbons (Fsp3) is 0.0909. The smallest absolute Gasteiger partial charge is 0.337 e.